The van der Waals surface area contributed by atoms with Crippen LogP contribution in [0.4, 0.5) is 0 Å². The van der Waals surface area contributed by atoms with Crippen LogP contribution in [0.15, 0.2) is 54.6 Å². The van der Waals surface area contributed by atoms with Gasteiger partial charge in [-0.2, -0.15) is 5.26 Å². The summed E-state index contributed by atoms with van der Waals surface area (Å²) in [4.78, 5) is 0. The van der Waals surface area contributed by atoms with Crippen LogP contribution in [0, 0.1) is 11.3 Å². The Bertz CT molecular complexity index is 595. The van der Waals surface area contributed by atoms with Crippen LogP contribution in [-0.4, -0.2) is 0 Å². The first kappa shape index (κ1) is 14.3. The minimum Gasteiger partial charge on any atom is -0.197 e. The van der Waals surface area contributed by atoms with E-state index in [4.69, 9.17) is 0 Å². The van der Waals surface area contributed by atoms with Crippen LogP contribution in [0.1, 0.15) is 38.7 Å². The van der Waals surface area contributed by atoms with Gasteiger partial charge in [-0.05, 0) is 29.5 Å². The summed E-state index contributed by atoms with van der Waals surface area (Å²) in [6.07, 6.45) is 2.77. The van der Waals surface area contributed by atoms with E-state index in [9.17, 15) is 5.26 Å². The van der Waals surface area contributed by atoms with Gasteiger partial charge < -0.3 is 0 Å². The monoisotopic (exact) mass is 263 g/mol. The van der Waals surface area contributed by atoms with Crippen molar-refractivity contribution in [1.82, 2.24) is 0 Å². The molecule has 2 aromatic rings. The van der Waals surface area contributed by atoms with Crippen molar-refractivity contribution in [3.05, 3.63) is 60.2 Å². The van der Waals surface area contributed by atoms with E-state index in [1.54, 1.807) is 0 Å². The van der Waals surface area contributed by atoms with Gasteiger partial charge in [-0.15, -0.1) is 0 Å². The molecule has 0 fully saturated rings. The first-order valence-electron chi connectivity index (χ1n) is 7.33. The fraction of sp³-hybridized carbons (Fsp3) is 0.316. The molecule has 1 heteroatoms. The lowest BCUT2D eigenvalue weighted by atomic mass is 9.73. The Kier molecular flexibility index (Phi) is 4.58. The smallest absolute Gasteiger partial charge is 0.0825 e. The van der Waals surface area contributed by atoms with Crippen LogP contribution < -0.4 is 0 Å². The maximum Gasteiger partial charge on any atom is 0.0825 e. The summed E-state index contributed by atoms with van der Waals surface area (Å²) in [6, 6.07) is 21.3. The van der Waals surface area contributed by atoms with Crippen molar-refractivity contribution in [2.45, 2.75) is 38.5 Å². The highest BCUT2D eigenvalue weighted by Gasteiger charge is 2.31. The molecule has 20 heavy (non-hydrogen) atoms. The van der Waals surface area contributed by atoms with Crippen LogP contribution in [0.5, 0.6) is 0 Å². The highest BCUT2D eigenvalue weighted by atomic mass is 14.4. The lowest BCUT2D eigenvalue weighted by molar-refractivity contribution is 0.481. The molecule has 0 radical (unpaired) electrons. The topological polar surface area (TPSA) is 23.8 Å². The number of benzene rings is 2. The van der Waals surface area contributed by atoms with E-state index in [-0.39, 0.29) is 5.41 Å². The fourth-order valence-corrected chi connectivity index (χ4v) is 2.89. The molecule has 0 saturated carbocycles. The third-order valence-corrected chi connectivity index (χ3v) is 4.02. The van der Waals surface area contributed by atoms with E-state index >= 15 is 0 Å². The van der Waals surface area contributed by atoms with Crippen molar-refractivity contribution in [3.63, 3.8) is 0 Å². The van der Waals surface area contributed by atoms with E-state index in [2.05, 4.69) is 50.2 Å². The average Bonchev–Trinajstić information content (AvgIpc) is 2.54. The fourth-order valence-electron chi connectivity index (χ4n) is 2.89. The molecule has 0 aromatic heterocycles. The summed E-state index contributed by atoms with van der Waals surface area (Å²) in [5.41, 5.74) is 3.16. The van der Waals surface area contributed by atoms with Crippen LogP contribution in [-0.2, 0) is 5.41 Å². The highest BCUT2D eigenvalue weighted by Crippen LogP contribution is 2.38. The minimum atomic E-state index is -0.374. The Hall–Kier alpha value is -2.07. The largest absolute Gasteiger partial charge is 0.197 e. The summed E-state index contributed by atoms with van der Waals surface area (Å²) in [5, 5.41) is 9.78. The quantitative estimate of drug-likeness (QED) is 0.715. The van der Waals surface area contributed by atoms with Gasteiger partial charge in [-0.1, -0.05) is 74.9 Å². The SMILES string of the molecule is CCCC(C#N)(CC)c1ccccc1-c1ccccc1. The standard InChI is InChI=1S/C19H21N/c1-3-14-19(4-2,15-20)18-13-9-8-12-17(18)16-10-6-5-7-11-16/h5-13H,3-4,14H2,1-2H3. The number of hydrogen-bond donors (Lipinski definition) is 0. The van der Waals surface area contributed by atoms with Crippen LogP contribution in [0.25, 0.3) is 11.1 Å². The zero-order valence-corrected chi connectivity index (χ0v) is 12.3. The van der Waals surface area contributed by atoms with Crippen molar-refractivity contribution in [3.8, 4) is 17.2 Å². The van der Waals surface area contributed by atoms with Crippen molar-refractivity contribution < 1.29 is 0 Å². The number of nitriles is 1. The zero-order chi connectivity index (χ0) is 14.4. The van der Waals surface area contributed by atoms with Gasteiger partial charge in [0, 0.05) is 0 Å². The molecule has 102 valence electrons. The second-order valence-electron chi connectivity index (χ2n) is 5.21. The molecule has 0 heterocycles. The molecule has 0 amide bonds. The van der Waals surface area contributed by atoms with Gasteiger partial charge in [-0.3, -0.25) is 0 Å². The molecule has 1 unspecified atom stereocenters. The zero-order valence-electron chi connectivity index (χ0n) is 12.3. The molecule has 0 N–H and O–H groups in total. The number of nitrogens with zero attached hydrogens (tertiary/aromatic N) is 1. The molecule has 0 aliphatic rings. The van der Waals surface area contributed by atoms with E-state index in [1.807, 2.05) is 24.3 Å². The van der Waals surface area contributed by atoms with Gasteiger partial charge in [-0.25, -0.2) is 0 Å². The molecule has 0 bridgehead atoms. The molecular formula is C19H21N. The van der Waals surface area contributed by atoms with Crippen molar-refractivity contribution in [2.24, 2.45) is 0 Å². The average molecular weight is 263 g/mol. The normalized spacial score (nSPS) is 13.4. The third-order valence-electron chi connectivity index (χ3n) is 4.02. The van der Waals surface area contributed by atoms with Crippen LogP contribution in [0.2, 0.25) is 0 Å². The summed E-state index contributed by atoms with van der Waals surface area (Å²) in [6.45, 7) is 4.26. The van der Waals surface area contributed by atoms with Crippen molar-refractivity contribution >= 4 is 0 Å². The minimum absolute atomic E-state index is 0.374. The summed E-state index contributed by atoms with van der Waals surface area (Å²) >= 11 is 0. The Balaban J connectivity index is 2.61. The van der Waals surface area contributed by atoms with Crippen LogP contribution >= 0.6 is 0 Å². The Morgan fingerprint density at radius 3 is 2.20 bits per heavy atom. The van der Waals surface area contributed by atoms with Gasteiger partial charge in [0.2, 0.25) is 0 Å². The van der Waals surface area contributed by atoms with E-state index in [0.717, 1.165) is 24.8 Å². The Labute approximate surface area is 121 Å². The number of rotatable bonds is 5. The molecule has 0 spiro atoms. The summed E-state index contributed by atoms with van der Waals surface area (Å²) < 4.78 is 0. The predicted molar refractivity (Wildman–Crippen MR) is 84.4 cm³/mol. The molecule has 1 atom stereocenters. The molecule has 2 aromatic carbocycles. The first-order chi connectivity index (χ1) is 9.77. The van der Waals surface area contributed by atoms with E-state index < -0.39 is 0 Å². The maximum atomic E-state index is 9.78. The van der Waals surface area contributed by atoms with Crippen molar-refractivity contribution in [2.75, 3.05) is 0 Å². The van der Waals surface area contributed by atoms with E-state index in [0.29, 0.717) is 0 Å². The van der Waals surface area contributed by atoms with Crippen LogP contribution in [0.3, 0.4) is 0 Å². The summed E-state index contributed by atoms with van der Waals surface area (Å²) in [5.74, 6) is 0. The first-order valence-corrected chi connectivity index (χ1v) is 7.33. The Morgan fingerprint density at radius 2 is 1.60 bits per heavy atom. The van der Waals surface area contributed by atoms with E-state index in [1.165, 1.54) is 11.1 Å². The Morgan fingerprint density at radius 1 is 0.950 bits per heavy atom. The van der Waals surface area contributed by atoms with Gasteiger partial charge in [0.25, 0.3) is 0 Å². The molecular weight excluding hydrogens is 242 g/mol. The molecule has 1 nitrogen and oxygen atoms in total. The highest BCUT2D eigenvalue weighted by molar-refractivity contribution is 5.69. The van der Waals surface area contributed by atoms with Gasteiger partial charge >= 0.3 is 0 Å². The second kappa shape index (κ2) is 6.39. The molecule has 0 aliphatic heterocycles. The van der Waals surface area contributed by atoms with Gasteiger partial charge in [0.15, 0.2) is 0 Å². The van der Waals surface area contributed by atoms with Crippen molar-refractivity contribution in [1.29, 1.82) is 5.26 Å². The maximum absolute atomic E-state index is 9.78. The third kappa shape index (κ3) is 2.60. The lowest BCUT2D eigenvalue weighted by Gasteiger charge is -2.28. The van der Waals surface area contributed by atoms with Gasteiger partial charge in [0.05, 0.1) is 11.5 Å². The predicted octanol–water partition coefficient (Wildman–Crippen LogP) is 5.33. The number of hydrogen-bond acceptors (Lipinski definition) is 1. The molecule has 0 aliphatic carbocycles. The lowest BCUT2D eigenvalue weighted by Crippen LogP contribution is -2.23. The molecule has 2 rings (SSSR count). The van der Waals surface area contributed by atoms with Gasteiger partial charge in [0.1, 0.15) is 0 Å². The summed E-state index contributed by atoms with van der Waals surface area (Å²) in [7, 11) is 0. The molecule has 0 saturated heterocycles. The second-order valence-corrected chi connectivity index (χ2v) is 5.21.